The van der Waals surface area contributed by atoms with Crippen molar-refractivity contribution < 1.29 is 18.8 Å². The van der Waals surface area contributed by atoms with Crippen LogP contribution in [0.25, 0.3) is 0 Å². The maximum Gasteiger partial charge on any atom is 0.345 e. The van der Waals surface area contributed by atoms with Crippen molar-refractivity contribution in [3.63, 3.8) is 0 Å². The number of rotatable bonds is 4. The van der Waals surface area contributed by atoms with Gasteiger partial charge in [0.05, 0.1) is 4.92 Å². The minimum absolute atomic E-state index is 0.400. The Balaban J connectivity index is 2.25. The summed E-state index contributed by atoms with van der Waals surface area (Å²) in [5.74, 6) is -1.67. The third-order valence-corrected chi connectivity index (χ3v) is 2.93. The van der Waals surface area contributed by atoms with Crippen LogP contribution >= 0.6 is 0 Å². The molecule has 0 saturated carbocycles. The van der Waals surface area contributed by atoms with Crippen LogP contribution in [0, 0.1) is 15.9 Å². The van der Waals surface area contributed by atoms with Crippen LogP contribution in [0.4, 0.5) is 10.1 Å². The third kappa shape index (κ3) is 3.42. The smallest absolute Gasteiger partial charge is 0.345 e. The summed E-state index contributed by atoms with van der Waals surface area (Å²) in [4.78, 5) is 22.1. The van der Waals surface area contributed by atoms with E-state index < -0.39 is 34.1 Å². The second-order valence-corrected chi connectivity index (χ2v) is 4.38. The van der Waals surface area contributed by atoms with Crippen molar-refractivity contribution >= 4 is 11.7 Å². The highest BCUT2D eigenvalue weighted by molar-refractivity contribution is 5.94. The number of hydrogen-bond acceptors (Lipinski definition) is 4. The van der Waals surface area contributed by atoms with Crippen LogP contribution < -0.4 is 0 Å². The average Bonchev–Trinajstić information content (AvgIpc) is 2.47. The highest BCUT2D eigenvalue weighted by Gasteiger charge is 2.24. The SMILES string of the molecule is CC(OC(=O)c1cc(F)ccc1[N+](=O)[O-])c1ccccc1. The number of nitrogens with zero attached hydrogens (tertiary/aromatic N) is 1. The molecule has 2 aromatic carbocycles. The summed E-state index contributed by atoms with van der Waals surface area (Å²) < 4.78 is 18.4. The minimum Gasteiger partial charge on any atom is -0.454 e. The Kier molecular flexibility index (Phi) is 4.27. The molecule has 0 aliphatic rings. The quantitative estimate of drug-likeness (QED) is 0.489. The molecule has 0 aliphatic carbocycles. The van der Waals surface area contributed by atoms with Gasteiger partial charge in [-0.3, -0.25) is 10.1 Å². The molecule has 1 unspecified atom stereocenters. The second kappa shape index (κ2) is 6.13. The van der Waals surface area contributed by atoms with E-state index in [-0.39, 0.29) is 0 Å². The van der Waals surface area contributed by atoms with Crippen LogP contribution in [0.1, 0.15) is 28.9 Å². The first-order valence-corrected chi connectivity index (χ1v) is 6.19. The molecule has 21 heavy (non-hydrogen) atoms. The number of ether oxygens (including phenoxy) is 1. The third-order valence-electron chi connectivity index (χ3n) is 2.93. The van der Waals surface area contributed by atoms with Crippen molar-refractivity contribution in [3.8, 4) is 0 Å². The van der Waals surface area contributed by atoms with Gasteiger partial charge in [0, 0.05) is 6.07 Å². The van der Waals surface area contributed by atoms with Gasteiger partial charge in [0.1, 0.15) is 17.5 Å². The lowest BCUT2D eigenvalue weighted by Crippen LogP contribution is -2.11. The number of carbonyl (C=O) groups is 1. The molecule has 0 aliphatic heterocycles. The molecular formula is C15H12FNO4. The largest absolute Gasteiger partial charge is 0.454 e. The maximum atomic E-state index is 13.2. The topological polar surface area (TPSA) is 69.4 Å². The van der Waals surface area contributed by atoms with Crippen LogP contribution in [-0.4, -0.2) is 10.9 Å². The van der Waals surface area contributed by atoms with Crippen molar-refractivity contribution in [1.82, 2.24) is 0 Å². The zero-order valence-electron chi connectivity index (χ0n) is 11.2. The van der Waals surface area contributed by atoms with Crippen molar-refractivity contribution in [2.24, 2.45) is 0 Å². The van der Waals surface area contributed by atoms with E-state index in [0.29, 0.717) is 0 Å². The highest BCUT2D eigenvalue weighted by Crippen LogP contribution is 2.24. The van der Waals surface area contributed by atoms with Gasteiger partial charge in [0.15, 0.2) is 0 Å². The van der Waals surface area contributed by atoms with Gasteiger partial charge in [-0.2, -0.15) is 0 Å². The Hall–Kier alpha value is -2.76. The van der Waals surface area contributed by atoms with Gasteiger partial charge in [-0.05, 0) is 24.6 Å². The Morgan fingerprint density at radius 1 is 1.24 bits per heavy atom. The number of hydrogen-bond donors (Lipinski definition) is 0. The summed E-state index contributed by atoms with van der Waals surface area (Å²) in [7, 11) is 0. The summed E-state index contributed by atoms with van der Waals surface area (Å²) in [6.45, 7) is 1.64. The van der Waals surface area contributed by atoms with Crippen LogP contribution in [0.5, 0.6) is 0 Å². The van der Waals surface area contributed by atoms with Gasteiger partial charge in [0.2, 0.25) is 0 Å². The van der Waals surface area contributed by atoms with E-state index in [1.54, 1.807) is 31.2 Å². The van der Waals surface area contributed by atoms with Crippen LogP contribution in [0.15, 0.2) is 48.5 Å². The molecule has 2 rings (SSSR count). The van der Waals surface area contributed by atoms with Crippen LogP contribution in [0.3, 0.4) is 0 Å². The first-order valence-electron chi connectivity index (χ1n) is 6.19. The molecule has 0 saturated heterocycles. The van der Waals surface area contributed by atoms with Gasteiger partial charge in [-0.15, -0.1) is 0 Å². The van der Waals surface area contributed by atoms with Crippen molar-refractivity contribution in [3.05, 3.63) is 75.6 Å². The molecule has 0 amide bonds. The zero-order valence-corrected chi connectivity index (χ0v) is 11.2. The van der Waals surface area contributed by atoms with E-state index in [2.05, 4.69) is 0 Å². The Bertz CT molecular complexity index is 673. The number of nitro groups is 1. The molecular weight excluding hydrogens is 277 g/mol. The standard InChI is InChI=1S/C15H12FNO4/c1-10(11-5-3-2-4-6-11)21-15(18)13-9-12(16)7-8-14(13)17(19)20/h2-10H,1H3. The molecule has 1 atom stereocenters. The number of carbonyl (C=O) groups excluding carboxylic acids is 1. The first-order chi connectivity index (χ1) is 9.99. The number of nitro benzene ring substituents is 1. The first kappa shape index (κ1) is 14.6. The monoisotopic (exact) mass is 289 g/mol. The van der Waals surface area contributed by atoms with Gasteiger partial charge < -0.3 is 4.74 Å². The molecule has 6 heteroatoms. The zero-order chi connectivity index (χ0) is 15.4. The van der Waals surface area contributed by atoms with E-state index >= 15 is 0 Å². The fourth-order valence-corrected chi connectivity index (χ4v) is 1.85. The Morgan fingerprint density at radius 3 is 2.52 bits per heavy atom. The van der Waals surface area contributed by atoms with Crippen molar-refractivity contribution in [1.29, 1.82) is 0 Å². The fraction of sp³-hybridized carbons (Fsp3) is 0.133. The van der Waals surface area contributed by atoms with E-state index in [0.717, 1.165) is 23.8 Å². The normalized spacial score (nSPS) is 11.7. The summed E-state index contributed by atoms with van der Waals surface area (Å²) >= 11 is 0. The summed E-state index contributed by atoms with van der Waals surface area (Å²) in [6, 6.07) is 11.6. The van der Waals surface area contributed by atoms with Crippen molar-refractivity contribution in [2.75, 3.05) is 0 Å². The van der Waals surface area contributed by atoms with E-state index in [1.807, 2.05) is 6.07 Å². The number of esters is 1. The predicted molar refractivity (Wildman–Crippen MR) is 73.3 cm³/mol. The maximum absolute atomic E-state index is 13.2. The van der Waals surface area contributed by atoms with Gasteiger partial charge in [-0.1, -0.05) is 30.3 Å². The Morgan fingerprint density at radius 2 is 1.90 bits per heavy atom. The molecule has 0 N–H and O–H groups in total. The van der Waals surface area contributed by atoms with E-state index in [9.17, 15) is 19.3 Å². The molecule has 0 radical (unpaired) electrons. The highest BCUT2D eigenvalue weighted by atomic mass is 19.1. The van der Waals surface area contributed by atoms with Crippen LogP contribution in [-0.2, 0) is 4.74 Å². The molecule has 5 nitrogen and oxygen atoms in total. The molecule has 0 fully saturated rings. The minimum atomic E-state index is -0.933. The number of halogens is 1. The predicted octanol–water partition coefficient (Wildman–Crippen LogP) is 3.65. The van der Waals surface area contributed by atoms with Gasteiger partial charge in [0.25, 0.3) is 5.69 Å². The van der Waals surface area contributed by atoms with Crippen LogP contribution in [0.2, 0.25) is 0 Å². The van der Waals surface area contributed by atoms with Gasteiger partial charge in [-0.25, -0.2) is 9.18 Å². The lowest BCUT2D eigenvalue weighted by atomic mass is 10.1. The summed E-state index contributed by atoms with van der Waals surface area (Å²) in [6.07, 6.45) is -0.596. The summed E-state index contributed by atoms with van der Waals surface area (Å²) in [5.41, 5.74) is -0.144. The van der Waals surface area contributed by atoms with Crippen molar-refractivity contribution in [2.45, 2.75) is 13.0 Å². The van der Waals surface area contributed by atoms with Gasteiger partial charge >= 0.3 is 5.97 Å². The average molecular weight is 289 g/mol. The number of benzene rings is 2. The molecule has 108 valence electrons. The van der Waals surface area contributed by atoms with E-state index in [4.69, 9.17) is 4.74 Å². The molecule has 0 aromatic heterocycles. The molecule has 2 aromatic rings. The molecule has 0 bridgehead atoms. The second-order valence-electron chi connectivity index (χ2n) is 4.38. The lowest BCUT2D eigenvalue weighted by molar-refractivity contribution is -0.385. The Labute approximate surface area is 120 Å². The molecule has 0 heterocycles. The summed E-state index contributed by atoms with van der Waals surface area (Å²) in [5, 5.41) is 10.9. The fourth-order valence-electron chi connectivity index (χ4n) is 1.85. The lowest BCUT2D eigenvalue weighted by Gasteiger charge is -2.13. The van der Waals surface area contributed by atoms with E-state index in [1.165, 1.54) is 0 Å². The molecule has 0 spiro atoms.